The van der Waals surface area contributed by atoms with Crippen LogP contribution >= 0.6 is 35.7 Å². The van der Waals surface area contributed by atoms with Gasteiger partial charge in [-0.1, -0.05) is 0 Å². The highest BCUT2D eigenvalue weighted by molar-refractivity contribution is 14.0. The lowest BCUT2D eigenvalue weighted by molar-refractivity contribution is 0.471. The molecule has 1 heterocycles. The SMILES string of the molecule is CN=C(NCC(C)(C)SC)N(C)Cc1cnn(C)c1.I. The molecule has 0 saturated heterocycles. The fraction of sp³-hybridized carbons (Fsp3) is 0.692. The Bertz CT molecular complexity index is 430. The van der Waals surface area contributed by atoms with Crippen molar-refractivity contribution in [3.63, 3.8) is 0 Å². The number of hydrogen-bond donors (Lipinski definition) is 1. The standard InChI is InChI=1S/C13H25N5S.HI/c1-13(2,19-6)10-15-12(14-3)17(4)8-11-7-16-18(5)9-11;/h7,9H,8,10H2,1-6H3,(H,14,15);1H. The Morgan fingerprint density at radius 3 is 2.65 bits per heavy atom. The molecular weight excluding hydrogens is 385 g/mol. The first-order valence-electron chi connectivity index (χ1n) is 6.32. The average molecular weight is 411 g/mol. The van der Waals surface area contributed by atoms with Crippen molar-refractivity contribution in [1.29, 1.82) is 0 Å². The summed E-state index contributed by atoms with van der Waals surface area (Å²) in [7, 11) is 5.78. The molecule has 0 saturated carbocycles. The largest absolute Gasteiger partial charge is 0.355 e. The van der Waals surface area contributed by atoms with E-state index in [1.807, 2.05) is 50.0 Å². The summed E-state index contributed by atoms with van der Waals surface area (Å²) in [5, 5.41) is 7.60. The quantitative estimate of drug-likeness (QED) is 0.459. The minimum absolute atomic E-state index is 0. The van der Waals surface area contributed by atoms with Crippen LogP contribution in [0.1, 0.15) is 19.4 Å². The molecule has 0 amide bonds. The van der Waals surface area contributed by atoms with E-state index in [9.17, 15) is 0 Å². The summed E-state index contributed by atoms with van der Waals surface area (Å²) in [6, 6.07) is 0. The second-order valence-electron chi connectivity index (χ2n) is 5.24. The molecule has 0 atom stereocenters. The Hall–Kier alpha value is -0.440. The monoisotopic (exact) mass is 411 g/mol. The highest BCUT2D eigenvalue weighted by Gasteiger charge is 2.17. The molecule has 20 heavy (non-hydrogen) atoms. The van der Waals surface area contributed by atoms with Crippen LogP contribution in [0.4, 0.5) is 0 Å². The van der Waals surface area contributed by atoms with Gasteiger partial charge in [-0.05, 0) is 20.1 Å². The number of aromatic nitrogens is 2. The molecule has 0 fully saturated rings. The zero-order valence-corrected chi connectivity index (χ0v) is 16.3. The molecule has 0 aliphatic rings. The van der Waals surface area contributed by atoms with Crippen LogP contribution in [-0.2, 0) is 13.6 Å². The van der Waals surface area contributed by atoms with Gasteiger partial charge in [-0.2, -0.15) is 16.9 Å². The van der Waals surface area contributed by atoms with Gasteiger partial charge in [0.05, 0.1) is 6.20 Å². The molecule has 0 aromatic carbocycles. The van der Waals surface area contributed by atoms with Crippen molar-refractivity contribution in [2.45, 2.75) is 25.1 Å². The molecular formula is C13H26IN5S. The molecule has 0 unspecified atom stereocenters. The molecule has 0 radical (unpaired) electrons. The number of nitrogens with zero attached hydrogens (tertiary/aromatic N) is 4. The number of aryl methyl sites for hydroxylation is 1. The van der Waals surface area contributed by atoms with E-state index in [4.69, 9.17) is 0 Å². The number of nitrogens with one attached hydrogen (secondary N) is 1. The van der Waals surface area contributed by atoms with Crippen LogP contribution in [0.2, 0.25) is 0 Å². The van der Waals surface area contributed by atoms with E-state index in [-0.39, 0.29) is 28.7 Å². The van der Waals surface area contributed by atoms with Gasteiger partial charge in [0, 0.05) is 50.7 Å². The minimum atomic E-state index is 0. The van der Waals surface area contributed by atoms with Crippen LogP contribution < -0.4 is 5.32 Å². The van der Waals surface area contributed by atoms with Crippen molar-refractivity contribution in [2.75, 3.05) is 26.9 Å². The third-order valence-electron chi connectivity index (χ3n) is 2.98. The molecule has 7 heteroatoms. The maximum absolute atomic E-state index is 4.32. The van der Waals surface area contributed by atoms with Crippen molar-refractivity contribution in [1.82, 2.24) is 20.0 Å². The third-order valence-corrected chi connectivity index (χ3v) is 4.23. The smallest absolute Gasteiger partial charge is 0.193 e. The van der Waals surface area contributed by atoms with E-state index in [1.165, 1.54) is 5.56 Å². The molecule has 1 rings (SSSR count). The predicted molar refractivity (Wildman–Crippen MR) is 99.0 cm³/mol. The van der Waals surface area contributed by atoms with E-state index in [1.54, 1.807) is 0 Å². The second kappa shape index (κ2) is 8.76. The van der Waals surface area contributed by atoms with Gasteiger partial charge in [0.25, 0.3) is 0 Å². The first-order valence-corrected chi connectivity index (χ1v) is 7.55. The first-order chi connectivity index (χ1) is 8.88. The molecule has 0 aliphatic carbocycles. The molecule has 0 bridgehead atoms. The van der Waals surface area contributed by atoms with E-state index in [2.05, 4.69) is 40.4 Å². The van der Waals surface area contributed by atoms with Crippen molar-refractivity contribution in [3.8, 4) is 0 Å². The number of hydrogen-bond acceptors (Lipinski definition) is 3. The number of rotatable bonds is 5. The number of guanidine groups is 1. The van der Waals surface area contributed by atoms with Gasteiger partial charge in [0.15, 0.2) is 5.96 Å². The van der Waals surface area contributed by atoms with E-state index in [0.29, 0.717) is 0 Å². The third kappa shape index (κ3) is 6.34. The lowest BCUT2D eigenvalue weighted by Gasteiger charge is -2.27. The minimum Gasteiger partial charge on any atom is -0.355 e. The van der Waals surface area contributed by atoms with Gasteiger partial charge >= 0.3 is 0 Å². The molecule has 5 nitrogen and oxygen atoms in total. The van der Waals surface area contributed by atoms with Crippen molar-refractivity contribution >= 4 is 41.7 Å². The molecule has 1 aromatic rings. The fourth-order valence-electron chi connectivity index (χ4n) is 1.65. The van der Waals surface area contributed by atoms with Gasteiger partial charge in [0.2, 0.25) is 0 Å². The van der Waals surface area contributed by atoms with Crippen molar-refractivity contribution in [2.24, 2.45) is 12.0 Å². The Morgan fingerprint density at radius 1 is 1.55 bits per heavy atom. The van der Waals surface area contributed by atoms with Crippen LogP contribution in [0.15, 0.2) is 17.4 Å². The van der Waals surface area contributed by atoms with Crippen molar-refractivity contribution < 1.29 is 0 Å². The van der Waals surface area contributed by atoms with Gasteiger partial charge in [-0.3, -0.25) is 9.67 Å². The fourth-order valence-corrected chi connectivity index (χ4v) is 1.87. The lowest BCUT2D eigenvalue weighted by Crippen LogP contribution is -2.43. The molecule has 1 N–H and O–H groups in total. The van der Waals surface area contributed by atoms with Gasteiger partial charge < -0.3 is 10.2 Å². The maximum atomic E-state index is 4.32. The summed E-state index contributed by atoms with van der Waals surface area (Å²) < 4.78 is 2.02. The summed E-state index contributed by atoms with van der Waals surface area (Å²) in [5.41, 5.74) is 1.18. The number of aliphatic imine (C=N–C) groups is 1. The zero-order chi connectivity index (χ0) is 14.5. The maximum Gasteiger partial charge on any atom is 0.193 e. The van der Waals surface area contributed by atoms with Gasteiger partial charge in [-0.25, -0.2) is 0 Å². The van der Waals surface area contributed by atoms with E-state index in [0.717, 1.165) is 19.0 Å². The average Bonchev–Trinajstić information content (AvgIpc) is 2.75. The van der Waals surface area contributed by atoms with Gasteiger partial charge in [-0.15, -0.1) is 24.0 Å². The van der Waals surface area contributed by atoms with Crippen LogP contribution in [0.3, 0.4) is 0 Å². The normalized spacial score (nSPS) is 12.0. The Kier molecular flexibility index (Phi) is 8.57. The zero-order valence-electron chi connectivity index (χ0n) is 13.2. The summed E-state index contributed by atoms with van der Waals surface area (Å²) in [4.78, 5) is 6.43. The van der Waals surface area contributed by atoms with Crippen molar-refractivity contribution in [3.05, 3.63) is 18.0 Å². The highest BCUT2D eigenvalue weighted by Crippen LogP contribution is 2.19. The second-order valence-corrected chi connectivity index (χ2v) is 6.76. The van der Waals surface area contributed by atoms with Crippen LogP contribution in [0.5, 0.6) is 0 Å². The van der Waals surface area contributed by atoms with E-state index >= 15 is 0 Å². The Balaban J connectivity index is 0.00000361. The summed E-state index contributed by atoms with van der Waals surface area (Å²) in [5.74, 6) is 0.908. The number of halogens is 1. The molecule has 116 valence electrons. The number of thioether (sulfide) groups is 1. The first kappa shape index (κ1) is 19.6. The highest BCUT2D eigenvalue weighted by atomic mass is 127. The summed E-state index contributed by atoms with van der Waals surface area (Å²) >= 11 is 1.85. The molecule has 0 spiro atoms. The Morgan fingerprint density at radius 2 is 2.20 bits per heavy atom. The molecule has 1 aromatic heterocycles. The van der Waals surface area contributed by atoms with Crippen LogP contribution in [-0.4, -0.2) is 52.3 Å². The van der Waals surface area contributed by atoms with Gasteiger partial charge in [0.1, 0.15) is 0 Å². The van der Waals surface area contributed by atoms with Crippen LogP contribution in [0.25, 0.3) is 0 Å². The Labute approximate surface area is 143 Å². The summed E-state index contributed by atoms with van der Waals surface area (Å²) in [6.07, 6.45) is 6.04. The van der Waals surface area contributed by atoms with Crippen LogP contribution in [0, 0.1) is 0 Å². The molecule has 0 aliphatic heterocycles. The lowest BCUT2D eigenvalue weighted by atomic mass is 10.2. The topological polar surface area (TPSA) is 45.5 Å². The predicted octanol–water partition coefficient (Wildman–Crippen LogP) is 2.19. The van der Waals surface area contributed by atoms with E-state index < -0.39 is 0 Å². The summed E-state index contributed by atoms with van der Waals surface area (Å²) in [6.45, 7) is 6.13.